The fraction of sp³-hybridized carbons (Fsp3) is 0.944. The molecular formula is C71H138O17P2. The number of phosphoric ester groups is 2. The Labute approximate surface area is 549 Å². The maximum atomic E-state index is 13.0. The van der Waals surface area contributed by atoms with Gasteiger partial charge in [-0.25, -0.2) is 9.13 Å². The summed E-state index contributed by atoms with van der Waals surface area (Å²) < 4.78 is 68.3. The number of hydrogen-bond donors (Lipinski definition) is 3. The molecule has 0 fully saturated rings. The predicted octanol–water partition coefficient (Wildman–Crippen LogP) is 20.1. The van der Waals surface area contributed by atoms with E-state index in [1.165, 1.54) is 148 Å². The van der Waals surface area contributed by atoms with Crippen molar-refractivity contribution in [1.82, 2.24) is 0 Å². The molecule has 0 aromatic heterocycles. The Kier molecular flexibility index (Phi) is 59.4. The van der Waals surface area contributed by atoms with Crippen LogP contribution in [0.2, 0.25) is 0 Å². The Morgan fingerprint density at radius 1 is 0.311 bits per heavy atom. The summed E-state index contributed by atoms with van der Waals surface area (Å²) in [6.45, 7) is 14.1. The van der Waals surface area contributed by atoms with Gasteiger partial charge in [0.2, 0.25) is 0 Å². The molecule has 0 aromatic carbocycles. The zero-order valence-electron chi connectivity index (χ0n) is 58.8. The Morgan fingerprint density at radius 3 is 0.789 bits per heavy atom. The van der Waals surface area contributed by atoms with Crippen molar-refractivity contribution < 1.29 is 80.2 Å². The van der Waals surface area contributed by atoms with E-state index in [-0.39, 0.29) is 25.7 Å². The highest BCUT2D eigenvalue weighted by molar-refractivity contribution is 7.47. The second kappa shape index (κ2) is 60.7. The summed E-state index contributed by atoms with van der Waals surface area (Å²) in [7, 11) is -9.90. The van der Waals surface area contributed by atoms with Crippen molar-refractivity contribution in [3.63, 3.8) is 0 Å². The third-order valence-electron chi connectivity index (χ3n) is 16.7. The van der Waals surface area contributed by atoms with E-state index in [1.54, 1.807) is 0 Å². The lowest BCUT2D eigenvalue weighted by molar-refractivity contribution is -0.161. The van der Waals surface area contributed by atoms with E-state index in [9.17, 15) is 43.2 Å². The van der Waals surface area contributed by atoms with Gasteiger partial charge in [-0.15, -0.1) is 0 Å². The maximum absolute atomic E-state index is 13.0. The zero-order valence-corrected chi connectivity index (χ0v) is 60.6. The van der Waals surface area contributed by atoms with E-state index >= 15 is 0 Å². The molecule has 534 valence electrons. The number of carbonyl (C=O) groups excluding carboxylic acids is 4. The number of aliphatic hydroxyl groups excluding tert-OH is 1. The molecule has 0 saturated heterocycles. The van der Waals surface area contributed by atoms with Gasteiger partial charge in [-0.3, -0.25) is 37.3 Å². The molecule has 0 rings (SSSR count). The quantitative estimate of drug-likeness (QED) is 0.0222. The monoisotopic (exact) mass is 1320 g/mol. The third kappa shape index (κ3) is 63.5. The summed E-state index contributed by atoms with van der Waals surface area (Å²) in [6, 6.07) is 0. The molecule has 6 atom stereocenters. The minimum atomic E-state index is -4.95. The van der Waals surface area contributed by atoms with Gasteiger partial charge in [0.15, 0.2) is 12.2 Å². The highest BCUT2D eigenvalue weighted by Crippen LogP contribution is 2.45. The van der Waals surface area contributed by atoms with Gasteiger partial charge in [-0.2, -0.15) is 0 Å². The SMILES string of the molecule is CCC(C)CCCCCCCCC(=O)OC[C@H](COP(=O)(O)OC[C@H](O)COP(=O)(O)OC[C@@H](COC(=O)CCCCCCCCCCCCCCCC(C)C)OC(=O)CCCCCCCCCCCCC(C)C)OC(=O)CCCCCCCCCCC(C)C. The number of phosphoric acid groups is 2. The van der Waals surface area contributed by atoms with Crippen molar-refractivity contribution in [3.8, 4) is 0 Å². The summed E-state index contributed by atoms with van der Waals surface area (Å²) in [6.07, 6.45) is 43.1. The van der Waals surface area contributed by atoms with Gasteiger partial charge in [0.1, 0.15) is 19.3 Å². The first kappa shape index (κ1) is 88.1. The molecule has 17 nitrogen and oxygen atoms in total. The normalized spacial score (nSPS) is 14.6. The summed E-state index contributed by atoms with van der Waals surface area (Å²) in [5, 5.41) is 10.6. The number of esters is 4. The molecule has 0 radical (unpaired) electrons. The van der Waals surface area contributed by atoms with Crippen molar-refractivity contribution in [2.24, 2.45) is 23.7 Å². The summed E-state index contributed by atoms with van der Waals surface area (Å²) in [5.74, 6) is 0.862. The molecule has 0 aromatic rings. The average molecular weight is 1330 g/mol. The molecule has 3 N–H and O–H groups in total. The van der Waals surface area contributed by atoms with Crippen LogP contribution in [0.3, 0.4) is 0 Å². The standard InChI is InChI=1S/C71H138O17P2/c1-9-64(8)50-42-34-29-30-36-44-52-69(74)82-58-67(88-71(76)54-46-38-28-22-21-25-33-41-49-63(6)7)60-86-90(79,80)84-56-65(72)55-83-89(77,78)85-59-66(87-70(75)53-45-37-27-20-16-15-18-24-32-40-48-62(4)5)57-81-68(73)51-43-35-26-19-14-12-10-11-13-17-23-31-39-47-61(2)3/h61-67,72H,9-60H2,1-8H3,(H,77,78)(H,79,80)/t64?,65-,66-,67-/m1/s1. The molecule has 0 amide bonds. The highest BCUT2D eigenvalue weighted by atomic mass is 31.2. The fourth-order valence-corrected chi connectivity index (χ4v) is 12.2. The average Bonchev–Trinajstić information content (AvgIpc) is 2.95. The second-order valence-electron chi connectivity index (χ2n) is 27.3. The molecule has 3 unspecified atom stereocenters. The van der Waals surface area contributed by atoms with E-state index in [4.69, 9.17) is 37.0 Å². The van der Waals surface area contributed by atoms with E-state index in [0.717, 1.165) is 120 Å². The van der Waals surface area contributed by atoms with Crippen molar-refractivity contribution in [2.75, 3.05) is 39.6 Å². The molecule has 0 saturated carbocycles. The number of aliphatic hydroxyl groups is 1. The maximum Gasteiger partial charge on any atom is 0.472 e. The Morgan fingerprint density at radius 2 is 0.533 bits per heavy atom. The van der Waals surface area contributed by atoms with Crippen molar-refractivity contribution >= 4 is 39.5 Å². The number of hydrogen-bond acceptors (Lipinski definition) is 15. The van der Waals surface area contributed by atoms with Crippen LogP contribution in [-0.4, -0.2) is 96.7 Å². The van der Waals surface area contributed by atoms with Gasteiger partial charge in [-0.1, -0.05) is 299 Å². The Balaban J connectivity index is 5.25. The van der Waals surface area contributed by atoms with E-state index < -0.39 is 97.5 Å². The van der Waals surface area contributed by atoms with E-state index in [2.05, 4.69) is 55.4 Å². The number of rotatable bonds is 68. The first-order chi connectivity index (χ1) is 43.1. The molecule has 0 aliphatic rings. The minimum absolute atomic E-state index is 0.103. The van der Waals surface area contributed by atoms with Crippen LogP contribution < -0.4 is 0 Å². The zero-order chi connectivity index (χ0) is 66.8. The van der Waals surface area contributed by atoms with E-state index in [0.29, 0.717) is 25.7 Å². The first-order valence-corrected chi connectivity index (χ1v) is 39.7. The van der Waals surface area contributed by atoms with Crippen molar-refractivity contribution in [3.05, 3.63) is 0 Å². The van der Waals surface area contributed by atoms with Gasteiger partial charge in [-0.05, 0) is 49.4 Å². The Hall–Kier alpha value is -1.94. The van der Waals surface area contributed by atoms with Crippen LogP contribution in [0.5, 0.6) is 0 Å². The molecule has 0 aliphatic heterocycles. The van der Waals surface area contributed by atoms with Gasteiger partial charge in [0, 0.05) is 25.7 Å². The van der Waals surface area contributed by atoms with Crippen LogP contribution in [0.4, 0.5) is 0 Å². The number of unbranched alkanes of at least 4 members (excludes halogenated alkanes) is 33. The largest absolute Gasteiger partial charge is 0.472 e. The van der Waals surface area contributed by atoms with Crippen LogP contribution in [0.1, 0.15) is 351 Å². The van der Waals surface area contributed by atoms with Crippen molar-refractivity contribution in [1.29, 1.82) is 0 Å². The summed E-state index contributed by atoms with van der Waals surface area (Å²) in [5.41, 5.74) is 0. The van der Waals surface area contributed by atoms with Crippen LogP contribution in [0, 0.1) is 23.7 Å². The van der Waals surface area contributed by atoms with Gasteiger partial charge >= 0.3 is 39.5 Å². The second-order valence-corrected chi connectivity index (χ2v) is 30.2. The van der Waals surface area contributed by atoms with Crippen LogP contribution in [0.25, 0.3) is 0 Å². The molecule has 0 bridgehead atoms. The number of ether oxygens (including phenoxy) is 4. The van der Waals surface area contributed by atoms with Crippen molar-refractivity contribution in [2.45, 2.75) is 369 Å². The van der Waals surface area contributed by atoms with Crippen LogP contribution in [0.15, 0.2) is 0 Å². The van der Waals surface area contributed by atoms with Gasteiger partial charge < -0.3 is 33.8 Å². The predicted molar refractivity (Wildman–Crippen MR) is 363 cm³/mol. The Bertz CT molecular complexity index is 1780. The summed E-state index contributed by atoms with van der Waals surface area (Å²) in [4.78, 5) is 72.6. The molecule has 0 aliphatic carbocycles. The lowest BCUT2D eigenvalue weighted by Gasteiger charge is -2.21. The fourth-order valence-electron chi connectivity index (χ4n) is 10.6. The smallest absolute Gasteiger partial charge is 0.462 e. The van der Waals surface area contributed by atoms with Crippen LogP contribution >= 0.6 is 15.6 Å². The topological polar surface area (TPSA) is 237 Å². The molecule has 19 heteroatoms. The highest BCUT2D eigenvalue weighted by Gasteiger charge is 2.30. The minimum Gasteiger partial charge on any atom is -0.462 e. The lowest BCUT2D eigenvalue weighted by Crippen LogP contribution is -2.30. The summed E-state index contributed by atoms with van der Waals surface area (Å²) >= 11 is 0. The van der Waals surface area contributed by atoms with Gasteiger partial charge in [0.05, 0.1) is 26.4 Å². The van der Waals surface area contributed by atoms with Gasteiger partial charge in [0.25, 0.3) is 0 Å². The molecular weight excluding hydrogens is 1190 g/mol. The molecule has 0 heterocycles. The number of carbonyl (C=O) groups is 4. The van der Waals surface area contributed by atoms with E-state index in [1.807, 2.05) is 0 Å². The third-order valence-corrected chi connectivity index (χ3v) is 18.6. The molecule has 90 heavy (non-hydrogen) atoms. The first-order valence-electron chi connectivity index (χ1n) is 36.7. The van der Waals surface area contributed by atoms with Crippen LogP contribution in [-0.2, 0) is 65.4 Å². The lowest BCUT2D eigenvalue weighted by atomic mass is 10.00. The molecule has 0 spiro atoms.